The molecular formula is C24H32. The molecular weight excluding hydrogens is 288 g/mol. The lowest BCUT2D eigenvalue weighted by Gasteiger charge is -2.35. The van der Waals surface area contributed by atoms with Crippen molar-refractivity contribution in [3.8, 4) is 0 Å². The molecule has 0 heterocycles. The molecule has 0 saturated heterocycles. The molecule has 0 aliphatic heterocycles. The highest BCUT2D eigenvalue weighted by Crippen LogP contribution is 2.39. The minimum absolute atomic E-state index is 0.0153. The molecule has 0 nitrogen and oxygen atoms in total. The van der Waals surface area contributed by atoms with Gasteiger partial charge in [-0.3, -0.25) is 0 Å². The van der Waals surface area contributed by atoms with Crippen LogP contribution in [-0.4, -0.2) is 0 Å². The Hall–Kier alpha value is -1.82. The van der Waals surface area contributed by atoms with E-state index >= 15 is 0 Å². The Kier molecular flexibility index (Phi) is 5.38. The summed E-state index contributed by atoms with van der Waals surface area (Å²) in [6, 6.07) is 17.9. The zero-order valence-corrected chi connectivity index (χ0v) is 16.4. The third kappa shape index (κ3) is 3.80. The Morgan fingerprint density at radius 3 is 2.12 bits per heavy atom. The summed E-state index contributed by atoms with van der Waals surface area (Å²) in [6.07, 6.45) is 3.30. The number of allylic oxidation sites excluding steroid dienone is 2. The molecule has 0 aliphatic carbocycles. The maximum absolute atomic E-state index is 2.44. The van der Waals surface area contributed by atoms with Crippen LogP contribution in [0.2, 0.25) is 0 Å². The van der Waals surface area contributed by atoms with E-state index in [0.717, 1.165) is 6.42 Å². The van der Waals surface area contributed by atoms with Gasteiger partial charge in [0.15, 0.2) is 0 Å². The fourth-order valence-corrected chi connectivity index (χ4v) is 3.45. The smallest absolute Gasteiger partial charge is 0.0173 e. The van der Waals surface area contributed by atoms with Gasteiger partial charge < -0.3 is 0 Å². The molecule has 2 rings (SSSR count). The van der Waals surface area contributed by atoms with Gasteiger partial charge in [0.2, 0.25) is 0 Å². The predicted octanol–water partition coefficient (Wildman–Crippen LogP) is 6.76. The van der Waals surface area contributed by atoms with Gasteiger partial charge in [-0.25, -0.2) is 0 Å². The highest BCUT2D eigenvalue weighted by Gasteiger charge is 2.31. The monoisotopic (exact) mass is 320 g/mol. The van der Waals surface area contributed by atoms with Gasteiger partial charge >= 0.3 is 0 Å². The molecule has 0 radical (unpaired) electrons. The van der Waals surface area contributed by atoms with Gasteiger partial charge in [0.1, 0.15) is 0 Å². The molecule has 0 spiro atoms. The van der Waals surface area contributed by atoms with E-state index < -0.39 is 0 Å². The summed E-state index contributed by atoms with van der Waals surface area (Å²) in [6.45, 7) is 15.9. The second kappa shape index (κ2) is 6.97. The standard InChI is InChI=1S/C24H32/c1-8-19(3)24(7,17-20-12-10-9-11-13-20)22-16-21(23(4,5)6)15-14-18(22)2/h8-16H,17H2,1-7H3/b19-8+. The number of benzene rings is 2. The molecule has 24 heavy (non-hydrogen) atoms. The highest BCUT2D eigenvalue weighted by atomic mass is 14.3. The minimum Gasteiger partial charge on any atom is -0.0878 e. The van der Waals surface area contributed by atoms with Gasteiger partial charge in [-0.2, -0.15) is 0 Å². The zero-order chi connectivity index (χ0) is 18.0. The van der Waals surface area contributed by atoms with Crippen molar-refractivity contribution < 1.29 is 0 Å². The number of hydrogen-bond acceptors (Lipinski definition) is 0. The Balaban J connectivity index is 2.60. The van der Waals surface area contributed by atoms with E-state index in [1.54, 1.807) is 0 Å². The van der Waals surface area contributed by atoms with Gasteiger partial charge in [-0.05, 0) is 54.9 Å². The van der Waals surface area contributed by atoms with E-state index in [2.05, 4.69) is 103 Å². The summed E-state index contributed by atoms with van der Waals surface area (Å²) >= 11 is 0. The first-order valence-electron chi connectivity index (χ1n) is 8.97. The third-order valence-electron chi connectivity index (χ3n) is 5.40. The number of aryl methyl sites for hydroxylation is 1. The van der Waals surface area contributed by atoms with E-state index in [9.17, 15) is 0 Å². The Morgan fingerprint density at radius 1 is 0.958 bits per heavy atom. The van der Waals surface area contributed by atoms with Crippen LogP contribution in [0.3, 0.4) is 0 Å². The Morgan fingerprint density at radius 2 is 1.58 bits per heavy atom. The first kappa shape index (κ1) is 18.5. The summed E-state index contributed by atoms with van der Waals surface area (Å²) in [5.74, 6) is 0. The van der Waals surface area contributed by atoms with Crippen molar-refractivity contribution in [2.45, 2.75) is 65.7 Å². The predicted molar refractivity (Wildman–Crippen MR) is 107 cm³/mol. The fraction of sp³-hybridized carbons (Fsp3) is 0.417. The second-order valence-electron chi connectivity index (χ2n) is 8.25. The fourth-order valence-electron chi connectivity index (χ4n) is 3.45. The van der Waals surface area contributed by atoms with Crippen LogP contribution in [0.5, 0.6) is 0 Å². The van der Waals surface area contributed by atoms with Crippen molar-refractivity contribution in [2.75, 3.05) is 0 Å². The highest BCUT2D eigenvalue weighted by molar-refractivity contribution is 5.45. The molecule has 1 unspecified atom stereocenters. The van der Waals surface area contributed by atoms with Crippen LogP contribution in [0.25, 0.3) is 0 Å². The lowest BCUT2D eigenvalue weighted by molar-refractivity contribution is 0.540. The normalized spacial score (nSPS) is 15.2. The molecule has 2 aromatic carbocycles. The van der Waals surface area contributed by atoms with Crippen molar-refractivity contribution in [3.63, 3.8) is 0 Å². The topological polar surface area (TPSA) is 0 Å². The van der Waals surface area contributed by atoms with Crippen LogP contribution < -0.4 is 0 Å². The van der Waals surface area contributed by atoms with E-state index in [-0.39, 0.29) is 10.8 Å². The average molecular weight is 321 g/mol. The average Bonchev–Trinajstić information content (AvgIpc) is 2.54. The van der Waals surface area contributed by atoms with E-state index in [1.165, 1.54) is 27.8 Å². The molecule has 1 atom stereocenters. The van der Waals surface area contributed by atoms with Crippen LogP contribution in [0.4, 0.5) is 0 Å². The van der Waals surface area contributed by atoms with E-state index in [4.69, 9.17) is 0 Å². The van der Waals surface area contributed by atoms with Gasteiger partial charge in [-0.1, -0.05) is 87.9 Å². The van der Waals surface area contributed by atoms with Crippen molar-refractivity contribution >= 4 is 0 Å². The summed E-state index contributed by atoms with van der Waals surface area (Å²) < 4.78 is 0. The maximum atomic E-state index is 2.44. The van der Waals surface area contributed by atoms with Crippen molar-refractivity contribution in [2.24, 2.45) is 0 Å². The molecule has 0 aliphatic rings. The van der Waals surface area contributed by atoms with Crippen molar-refractivity contribution in [1.29, 1.82) is 0 Å². The first-order valence-corrected chi connectivity index (χ1v) is 8.97. The molecule has 0 bridgehead atoms. The van der Waals surface area contributed by atoms with Crippen LogP contribution in [0.15, 0.2) is 60.2 Å². The maximum Gasteiger partial charge on any atom is 0.0173 e. The molecule has 0 amide bonds. The molecule has 0 aromatic heterocycles. The van der Waals surface area contributed by atoms with E-state index in [1.807, 2.05) is 0 Å². The van der Waals surface area contributed by atoms with Gasteiger partial charge in [0.05, 0.1) is 0 Å². The van der Waals surface area contributed by atoms with Crippen molar-refractivity contribution in [3.05, 3.63) is 82.4 Å². The number of hydrogen-bond donors (Lipinski definition) is 0. The zero-order valence-electron chi connectivity index (χ0n) is 16.4. The first-order chi connectivity index (χ1) is 11.2. The molecule has 2 aromatic rings. The largest absolute Gasteiger partial charge is 0.0878 e. The van der Waals surface area contributed by atoms with Crippen molar-refractivity contribution in [1.82, 2.24) is 0 Å². The summed E-state index contributed by atoms with van der Waals surface area (Å²) in [5.41, 5.74) is 7.24. The van der Waals surface area contributed by atoms with Crippen LogP contribution in [0.1, 0.15) is 63.8 Å². The SMILES string of the molecule is C/C=C(\C)C(C)(Cc1ccccc1)c1cc(C(C)(C)C)ccc1C. The van der Waals surface area contributed by atoms with E-state index in [0.29, 0.717) is 0 Å². The molecule has 128 valence electrons. The molecule has 0 N–H and O–H groups in total. The third-order valence-corrected chi connectivity index (χ3v) is 5.40. The van der Waals surface area contributed by atoms with Gasteiger partial charge in [0.25, 0.3) is 0 Å². The van der Waals surface area contributed by atoms with Crippen LogP contribution in [-0.2, 0) is 17.3 Å². The lowest BCUT2D eigenvalue weighted by Crippen LogP contribution is -2.28. The molecule has 0 saturated carbocycles. The van der Waals surface area contributed by atoms with Gasteiger partial charge in [-0.15, -0.1) is 0 Å². The second-order valence-corrected chi connectivity index (χ2v) is 8.25. The Labute approximate surface area is 148 Å². The Bertz CT molecular complexity index is 713. The minimum atomic E-state index is 0.0153. The van der Waals surface area contributed by atoms with Gasteiger partial charge in [0, 0.05) is 5.41 Å². The summed E-state index contributed by atoms with van der Waals surface area (Å²) in [4.78, 5) is 0. The number of rotatable bonds is 4. The molecule has 0 fully saturated rings. The quantitative estimate of drug-likeness (QED) is 0.546. The van der Waals surface area contributed by atoms with Crippen LogP contribution in [0, 0.1) is 6.92 Å². The lowest BCUT2D eigenvalue weighted by atomic mass is 9.69. The summed E-state index contributed by atoms with van der Waals surface area (Å²) in [5, 5.41) is 0. The summed E-state index contributed by atoms with van der Waals surface area (Å²) in [7, 11) is 0. The van der Waals surface area contributed by atoms with Crippen LogP contribution >= 0.6 is 0 Å². The molecule has 0 heteroatoms.